The minimum Gasteiger partial charge on any atom is -0.496 e. The van der Waals surface area contributed by atoms with E-state index in [9.17, 15) is 14.3 Å². The molecule has 1 aliphatic carbocycles. The molecule has 33 heavy (non-hydrogen) atoms. The average Bonchev–Trinajstić information content (AvgIpc) is 3.53. The van der Waals surface area contributed by atoms with Crippen LogP contribution in [0.25, 0.3) is 16.9 Å². The molecular weight excluding hydrogens is 423 g/mol. The molecule has 6 nitrogen and oxygen atoms in total. The van der Waals surface area contributed by atoms with Gasteiger partial charge in [0, 0.05) is 18.2 Å². The van der Waals surface area contributed by atoms with Crippen LogP contribution in [0.2, 0.25) is 0 Å². The highest BCUT2D eigenvalue weighted by Gasteiger charge is 2.25. The van der Waals surface area contributed by atoms with Crippen molar-refractivity contribution in [2.24, 2.45) is 5.92 Å². The maximum atomic E-state index is 14.2. The molecule has 1 saturated carbocycles. The molecule has 3 aromatic rings. The summed E-state index contributed by atoms with van der Waals surface area (Å²) in [6.07, 6.45) is 6.78. The molecular formula is C26H29FN2O4. The molecule has 0 aliphatic heterocycles. The van der Waals surface area contributed by atoms with Gasteiger partial charge in [-0.3, -0.25) is 9.20 Å². The predicted molar refractivity (Wildman–Crippen MR) is 124 cm³/mol. The molecule has 7 heteroatoms. The van der Waals surface area contributed by atoms with E-state index in [1.165, 1.54) is 20.0 Å². The number of aliphatic hydroxyl groups excluding tert-OH is 1. The number of halogens is 1. The van der Waals surface area contributed by atoms with Crippen molar-refractivity contribution < 1.29 is 23.8 Å². The maximum Gasteiger partial charge on any atom is 0.257 e. The lowest BCUT2D eigenvalue weighted by Gasteiger charge is -2.17. The maximum absolute atomic E-state index is 14.2. The highest BCUT2D eigenvalue weighted by molar-refractivity contribution is 6.02. The van der Waals surface area contributed by atoms with Crippen LogP contribution >= 0.6 is 0 Å². The highest BCUT2D eigenvalue weighted by atomic mass is 19.1. The summed E-state index contributed by atoms with van der Waals surface area (Å²) in [5, 5.41) is 9.85. The third-order valence-corrected chi connectivity index (χ3v) is 6.02. The third-order valence-electron chi connectivity index (χ3n) is 6.02. The number of methoxy groups -OCH3 is 1. The van der Waals surface area contributed by atoms with Gasteiger partial charge in [-0.05, 0) is 55.2 Å². The van der Waals surface area contributed by atoms with Crippen molar-refractivity contribution in [3.63, 3.8) is 0 Å². The van der Waals surface area contributed by atoms with Crippen LogP contribution in [0.3, 0.4) is 0 Å². The van der Waals surface area contributed by atoms with Gasteiger partial charge < -0.3 is 14.6 Å². The normalized spacial score (nSPS) is 15.3. The molecule has 1 aromatic carbocycles. The van der Waals surface area contributed by atoms with E-state index in [-0.39, 0.29) is 17.1 Å². The molecule has 1 N–H and O–H groups in total. The second-order valence-corrected chi connectivity index (χ2v) is 8.52. The third kappa shape index (κ3) is 5.09. The number of alkyl halides is 1. The number of ether oxygens (including phenoxy) is 2. The number of rotatable bonds is 11. The fourth-order valence-corrected chi connectivity index (χ4v) is 3.99. The van der Waals surface area contributed by atoms with E-state index in [1.807, 2.05) is 16.7 Å². The molecule has 2 atom stereocenters. The van der Waals surface area contributed by atoms with E-state index in [2.05, 4.69) is 11.6 Å². The molecule has 0 bridgehead atoms. The van der Waals surface area contributed by atoms with E-state index >= 15 is 0 Å². The second-order valence-electron chi connectivity index (χ2n) is 8.52. The van der Waals surface area contributed by atoms with E-state index in [0.717, 1.165) is 30.4 Å². The van der Waals surface area contributed by atoms with Gasteiger partial charge in [0.05, 0.1) is 25.1 Å². The summed E-state index contributed by atoms with van der Waals surface area (Å²) in [7, 11) is 1.48. The number of fused-ring (bicyclic) bond motifs is 1. The molecule has 0 amide bonds. The molecule has 1 aliphatic rings. The van der Waals surface area contributed by atoms with Crippen LogP contribution in [-0.2, 0) is 0 Å². The quantitative estimate of drug-likeness (QED) is 0.299. The first-order valence-corrected chi connectivity index (χ1v) is 11.2. The van der Waals surface area contributed by atoms with E-state index in [0.29, 0.717) is 29.1 Å². The molecule has 0 radical (unpaired) electrons. The number of nitrogens with zero attached hydrogens (tertiary/aromatic N) is 2. The summed E-state index contributed by atoms with van der Waals surface area (Å²) < 4.78 is 27.0. The minimum absolute atomic E-state index is 0.115. The summed E-state index contributed by atoms with van der Waals surface area (Å²) in [6, 6.07) is 6.99. The Balaban J connectivity index is 1.74. The van der Waals surface area contributed by atoms with Gasteiger partial charge in [-0.1, -0.05) is 25.8 Å². The SMILES string of the molecule is C=CC(F)Oc1cc(-c2cnc3cc(C(C)O)ccn23)cc(OC)c1C(=O)CCCC1CC1. The van der Waals surface area contributed by atoms with Gasteiger partial charge in [0.2, 0.25) is 0 Å². The largest absolute Gasteiger partial charge is 0.496 e. The van der Waals surface area contributed by atoms with Gasteiger partial charge >= 0.3 is 0 Å². The summed E-state index contributed by atoms with van der Waals surface area (Å²) in [5.41, 5.74) is 3.02. The van der Waals surface area contributed by atoms with Gasteiger partial charge in [-0.15, -0.1) is 0 Å². The number of hydrogen-bond acceptors (Lipinski definition) is 5. The lowest BCUT2D eigenvalue weighted by atomic mass is 9.99. The van der Waals surface area contributed by atoms with Gasteiger partial charge in [0.1, 0.15) is 22.7 Å². The lowest BCUT2D eigenvalue weighted by molar-refractivity contribution is 0.0941. The predicted octanol–water partition coefficient (Wildman–Crippen LogP) is 5.69. The van der Waals surface area contributed by atoms with Gasteiger partial charge in [-0.2, -0.15) is 4.39 Å². The smallest absolute Gasteiger partial charge is 0.257 e. The van der Waals surface area contributed by atoms with Gasteiger partial charge in [0.15, 0.2) is 5.78 Å². The molecule has 4 rings (SSSR count). The van der Waals surface area contributed by atoms with Crippen LogP contribution in [-0.4, -0.2) is 33.7 Å². The Morgan fingerprint density at radius 1 is 1.36 bits per heavy atom. The number of Topliss-reactive ketones (excluding diaryl/α,β-unsaturated/α-hetero) is 1. The van der Waals surface area contributed by atoms with Crippen molar-refractivity contribution in [2.75, 3.05) is 7.11 Å². The number of benzene rings is 1. The molecule has 0 saturated heterocycles. The van der Waals surface area contributed by atoms with Gasteiger partial charge in [0.25, 0.3) is 6.36 Å². The highest BCUT2D eigenvalue weighted by Crippen LogP contribution is 2.38. The van der Waals surface area contributed by atoms with Crippen LogP contribution in [0, 0.1) is 5.92 Å². The Morgan fingerprint density at radius 2 is 2.12 bits per heavy atom. The van der Waals surface area contributed by atoms with Crippen molar-refractivity contribution in [2.45, 2.75) is 51.5 Å². The number of carbonyl (C=O) groups is 1. The van der Waals surface area contributed by atoms with Crippen LogP contribution < -0.4 is 9.47 Å². The Morgan fingerprint density at radius 3 is 2.79 bits per heavy atom. The zero-order valence-electron chi connectivity index (χ0n) is 19.0. The zero-order valence-corrected chi connectivity index (χ0v) is 19.0. The van der Waals surface area contributed by atoms with Crippen molar-refractivity contribution >= 4 is 11.4 Å². The fraction of sp³-hybridized carbons (Fsp3) is 0.385. The molecule has 2 unspecified atom stereocenters. The van der Waals surface area contributed by atoms with E-state index < -0.39 is 12.5 Å². The Kier molecular flexibility index (Phi) is 6.79. The number of ketones is 1. The average molecular weight is 453 g/mol. The molecule has 2 heterocycles. The molecule has 2 aromatic heterocycles. The van der Waals surface area contributed by atoms with E-state index in [4.69, 9.17) is 9.47 Å². The monoisotopic (exact) mass is 452 g/mol. The standard InChI is InChI=1S/C26H29FN2O4/c1-4-24(27)33-23-13-19(20-15-28-25-14-18(16(2)30)10-11-29(20)25)12-22(32-3)26(23)21(31)7-5-6-17-8-9-17/h4,10-17,24,30H,1,5-9H2,2-3H3. The number of pyridine rings is 1. The lowest BCUT2D eigenvalue weighted by Crippen LogP contribution is -2.12. The number of aliphatic hydroxyl groups is 1. The van der Waals surface area contributed by atoms with Crippen molar-refractivity contribution in [3.8, 4) is 22.8 Å². The number of aromatic nitrogens is 2. The van der Waals surface area contributed by atoms with Crippen molar-refractivity contribution in [1.82, 2.24) is 9.38 Å². The Hall–Kier alpha value is -3.19. The molecule has 0 spiro atoms. The van der Waals surface area contributed by atoms with Crippen LogP contribution in [0.15, 0.2) is 49.3 Å². The van der Waals surface area contributed by atoms with Crippen LogP contribution in [0.4, 0.5) is 4.39 Å². The van der Waals surface area contributed by atoms with Crippen LogP contribution in [0.1, 0.15) is 61.1 Å². The number of imidazole rings is 1. The van der Waals surface area contributed by atoms with Crippen molar-refractivity contribution in [1.29, 1.82) is 0 Å². The number of hydrogen-bond donors (Lipinski definition) is 1. The topological polar surface area (TPSA) is 73.1 Å². The fourth-order valence-electron chi connectivity index (χ4n) is 3.99. The van der Waals surface area contributed by atoms with Crippen LogP contribution in [0.5, 0.6) is 11.5 Å². The number of carbonyl (C=O) groups excluding carboxylic acids is 1. The Bertz CT molecular complexity index is 1170. The summed E-state index contributed by atoms with van der Waals surface area (Å²) >= 11 is 0. The zero-order chi connectivity index (χ0) is 23.5. The summed E-state index contributed by atoms with van der Waals surface area (Å²) in [6.45, 7) is 5.13. The summed E-state index contributed by atoms with van der Waals surface area (Å²) in [5.74, 6) is 1.04. The molecule has 1 fully saturated rings. The minimum atomic E-state index is -1.77. The van der Waals surface area contributed by atoms with Crippen molar-refractivity contribution in [3.05, 3.63) is 60.4 Å². The Labute approximate surface area is 192 Å². The second kappa shape index (κ2) is 9.75. The molecule has 174 valence electrons. The first kappa shape index (κ1) is 23.0. The first-order chi connectivity index (χ1) is 15.9. The summed E-state index contributed by atoms with van der Waals surface area (Å²) in [4.78, 5) is 17.5. The first-order valence-electron chi connectivity index (χ1n) is 11.2. The van der Waals surface area contributed by atoms with Gasteiger partial charge in [-0.25, -0.2) is 4.98 Å². The van der Waals surface area contributed by atoms with E-state index in [1.54, 1.807) is 31.3 Å².